The Hall–Kier alpha value is -2.48. The van der Waals surface area contributed by atoms with Crippen LogP contribution < -0.4 is 25.3 Å². The number of ketones is 1. The molecule has 0 fully saturated rings. The van der Waals surface area contributed by atoms with E-state index in [1.54, 1.807) is 12.1 Å². The van der Waals surface area contributed by atoms with Crippen molar-refractivity contribution in [3.63, 3.8) is 0 Å². The number of carbonyl (C=O) groups excluding carboxylic acids is 1. The van der Waals surface area contributed by atoms with Crippen molar-refractivity contribution in [1.29, 1.82) is 0 Å². The van der Waals surface area contributed by atoms with Crippen molar-refractivity contribution in [2.24, 2.45) is 0 Å². The third-order valence-corrected chi connectivity index (χ3v) is 4.34. The molecule has 7 nitrogen and oxygen atoms in total. The zero-order valence-electron chi connectivity index (χ0n) is 14.1. The summed E-state index contributed by atoms with van der Waals surface area (Å²) < 4.78 is 15.8. The Morgan fingerprint density at radius 2 is 1.83 bits per heavy atom. The second-order valence-electron chi connectivity index (χ2n) is 4.90. The van der Waals surface area contributed by atoms with Gasteiger partial charge in [0.15, 0.2) is 16.6 Å². The number of nitrogen functional groups attached to an aromatic ring is 1. The molecule has 130 valence electrons. The van der Waals surface area contributed by atoms with Gasteiger partial charge >= 0.3 is 0 Å². The van der Waals surface area contributed by atoms with Crippen molar-refractivity contribution in [2.45, 2.75) is 13.3 Å². The molecular weight excluding hydrogens is 330 g/mol. The molecule has 8 heteroatoms. The Bertz CT molecular complexity index is 705. The number of nitrogens with two attached hydrogens (primary N) is 1. The Kier molecular flexibility index (Phi) is 5.86. The number of aromatic nitrogens is 1. The van der Waals surface area contributed by atoms with Gasteiger partial charge in [-0.3, -0.25) is 4.79 Å². The molecule has 0 atom stereocenters. The van der Waals surface area contributed by atoms with Crippen LogP contribution in [0.15, 0.2) is 12.1 Å². The Morgan fingerprint density at radius 3 is 2.33 bits per heavy atom. The van der Waals surface area contributed by atoms with Crippen LogP contribution >= 0.6 is 11.3 Å². The van der Waals surface area contributed by atoms with E-state index in [0.717, 1.165) is 13.0 Å². The number of hydrogen-bond donors (Lipinski definition) is 2. The van der Waals surface area contributed by atoms with Gasteiger partial charge in [-0.1, -0.05) is 18.3 Å². The molecule has 2 rings (SSSR count). The van der Waals surface area contributed by atoms with E-state index in [1.165, 1.54) is 32.7 Å². The highest BCUT2D eigenvalue weighted by Gasteiger charge is 2.22. The summed E-state index contributed by atoms with van der Waals surface area (Å²) in [6.07, 6.45) is 0.954. The number of rotatable bonds is 8. The van der Waals surface area contributed by atoms with Crippen molar-refractivity contribution < 1.29 is 19.0 Å². The molecule has 0 bridgehead atoms. The molecule has 0 radical (unpaired) electrons. The summed E-state index contributed by atoms with van der Waals surface area (Å²) >= 11 is 1.23. The van der Waals surface area contributed by atoms with E-state index in [4.69, 9.17) is 19.9 Å². The number of thiazole rings is 1. The lowest BCUT2D eigenvalue weighted by Gasteiger charge is -2.13. The van der Waals surface area contributed by atoms with Crippen molar-refractivity contribution >= 4 is 28.1 Å². The Labute approximate surface area is 144 Å². The van der Waals surface area contributed by atoms with E-state index >= 15 is 0 Å². The molecule has 0 aliphatic heterocycles. The number of benzene rings is 1. The zero-order chi connectivity index (χ0) is 17.7. The first-order chi connectivity index (χ1) is 11.5. The first-order valence-electron chi connectivity index (χ1n) is 7.40. The molecule has 0 aliphatic rings. The molecule has 0 saturated carbocycles. The normalized spacial score (nSPS) is 10.3. The fourth-order valence-corrected chi connectivity index (χ4v) is 3.02. The smallest absolute Gasteiger partial charge is 0.207 e. The van der Waals surface area contributed by atoms with E-state index in [1.807, 2.05) is 6.92 Å². The van der Waals surface area contributed by atoms with Crippen LogP contribution in [0.25, 0.3) is 0 Å². The third-order valence-electron chi connectivity index (χ3n) is 3.31. The van der Waals surface area contributed by atoms with Crippen LogP contribution in [0.1, 0.15) is 28.6 Å². The molecule has 0 amide bonds. The maximum atomic E-state index is 12.8. The molecule has 24 heavy (non-hydrogen) atoms. The number of hydrogen-bond acceptors (Lipinski definition) is 8. The van der Waals surface area contributed by atoms with Crippen LogP contribution in [0.2, 0.25) is 0 Å². The molecule has 0 spiro atoms. The van der Waals surface area contributed by atoms with E-state index in [-0.39, 0.29) is 11.6 Å². The van der Waals surface area contributed by atoms with Crippen molar-refractivity contribution in [3.8, 4) is 17.2 Å². The highest BCUT2D eigenvalue weighted by atomic mass is 32.1. The number of carbonyl (C=O) groups is 1. The van der Waals surface area contributed by atoms with Gasteiger partial charge in [-0.05, 0) is 18.6 Å². The van der Waals surface area contributed by atoms with Gasteiger partial charge < -0.3 is 25.3 Å². The highest BCUT2D eigenvalue weighted by Crippen LogP contribution is 2.39. The van der Waals surface area contributed by atoms with Crippen LogP contribution in [0.3, 0.4) is 0 Å². The molecule has 3 N–H and O–H groups in total. The average molecular weight is 351 g/mol. The molecule has 1 aromatic heterocycles. The largest absolute Gasteiger partial charge is 0.493 e. The van der Waals surface area contributed by atoms with Gasteiger partial charge in [-0.15, -0.1) is 0 Å². The molecular formula is C16H21N3O4S. The second kappa shape index (κ2) is 7.87. The van der Waals surface area contributed by atoms with Gasteiger partial charge in [-0.2, -0.15) is 0 Å². The van der Waals surface area contributed by atoms with Crippen molar-refractivity contribution in [3.05, 3.63) is 22.6 Å². The fraction of sp³-hybridized carbons (Fsp3) is 0.375. The maximum Gasteiger partial charge on any atom is 0.207 e. The number of nitrogens with one attached hydrogen (secondary N) is 1. The minimum absolute atomic E-state index is 0.206. The van der Waals surface area contributed by atoms with Crippen molar-refractivity contribution in [2.75, 3.05) is 38.9 Å². The second-order valence-corrected chi connectivity index (χ2v) is 5.90. The molecule has 0 saturated heterocycles. The molecule has 0 aliphatic carbocycles. The third kappa shape index (κ3) is 3.53. The van der Waals surface area contributed by atoms with Crippen LogP contribution in [-0.4, -0.2) is 38.6 Å². The maximum absolute atomic E-state index is 12.8. The Morgan fingerprint density at radius 1 is 1.21 bits per heavy atom. The summed E-state index contributed by atoms with van der Waals surface area (Å²) in [4.78, 5) is 17.4. The van der Waals surface area contributed by atoms with E-state index in [9.17, 15) is 4.79 Å². The number of nitrogens with zero attached hydrogens (tertiary/aromatic N) is 1. The highest BCUT2D eigenvalue weighted by molar-refractivity contribution is 7.18. The van der Waals surface area contributed by atoms with Gasteiger partial charge in [0.2, 0.25) is 11.5 Å². The van der Waals surface area contributed by atoms with Crippen LogP contribution in [-0.2, 0) is 0 Å². The molecule has 1 aromatic carbocycles. The lowest BCUT2D eigenvalue weighted by atomic mass is 10.1. The standard InChI is InChI=1S/C16H21N3O4S/c1-5-6-18-16-19-15(17)14(24-16)12(20)9-7-10(21-2)13(23-4)11(8-9)22-3/h7-8H,5-6,17H2,1-4H3,(H,18,19). The van der Waals surface area contributed by atoms with Crippen LogP contribution in [0.4, 0.5) is 10.9 Å². The average Bonchev–Trinajstić information content (AvgIpc) is 2.98. The molecule has 0 unspecified atom stereocenters. The summed E-state index contributed by atoms with van der Waals surface area (Å²) in [5, 5.41) is 3.76. The summed E-state index contributed by atoms with van der Waals surface area (Å²) in [5.41, 5.74) is 6.29. The molecule has 2 aromatic rings. The number of anilines is 2. The quantitative estimate of drug-likeness (QED) is 0.706. The monoisotopic (exact) mass is 351 g/mol. The minimum Gasteiger partial charge on any atom is -0.493 e. The van der Waals surface area contributed by atoms with Crippen LogP contribution in [0.5, 0.6) is 17.2 Å². The predicted octanol–water partition coefficient (Wildman–Crippen LogP) is 2.80. The Balaban J connectivity index is 2.41. The SMILES string of the molecule is CCCNc1nc(N)c(C(=O)c2cc(OC)c(OC)c(OC)c2)s1. The lowest BCUT2D eigenvalue weighted by molar-refractivity contribution is 0.104. The zero-order valence-corrected chi connectivity index (χ0v) is 15.0. The summed E-state index contributed by atoms with van der Waals surface area (Å²) in [6.45, 7) is 2.82. The van der Waals surface area contributed by atoms with Gasteiger partial charge in [-0.25, -0.2) is 4.98 Å². The summed E-state index contributed by atoms with van der Waals surface area (Å²) in [6, 6.07) is 3.20. The van der Waals surface area contributed by atoms with Gasteiger partial charge in [0.1, 0.15) is 10.7 Å². The lowest BCUT2D eigenvalue weighted by Crippen LogP contribution is -2.05. The number of ether oxygens (including phenoxy) is 3. The van der Waals surface area contributed by atoms with Crippen LogP contribution in [0, 0.1) is 0 Å². The number of methoxy groups -OCH3 is 3. The molecule has 1 heterocycles. The van der Waals surface area contributed by atoms with Gasteiger partial charge in [0.25, 0.3) is 0 Å². The van der Waals surface area contributed by atoms with Crippen molar-refractivity contribution in [1.82, 2.24) is 4.98 Å². The van der Waals surface area contributed by atoms with E-state index in [0.29, 0.717) is 32.8 Å². The van der Waals surface area contributed by atoms with Gasteiger partial charge in [0, 0.05) is 12.1 Å². The first-order valence-corrected chi connectivity index (χ1v) is 8.22. The first kappa shape index (κ1) is 17.9. The van der Waals surface area contributed by atoms with E-state index < -0.39 is 0 Å². The minimum atomic E-state index is -0.242. The summed E-state index contributed by atoms with van der Waals surface area (Å²) in [5.74, 6) is 1.21. The summed E-state index contributed by atoms with van der Waals surface area (Å²) in [7, 11) is 4.51. The van der Waals surface area contributed by atoms with Gasteiger partial charge in [0.05, 0.1) is 21.3 Å². The van der Waals surface area contributed by atoms with E-state index in [2.05, 4.69) is 10.3 Å². The fourth-order valence-electron chi connectivity index (χ4n) is 2.15. The predicted molar refractivity (Wildman–Crippen MR) is 94.8 cm³/mol. The topological polar surface area (TPSA) is 95.7 Å².